The summed E-state index contributed by atoms with van der Waals surface area (Å²) in [5.41, 5.74) is -0.307. The quantitative estimate of drug-likeness (QED) is 0.230. The fraction of sp³-hybridized carbons (Fsp3) is 0.857. The molecule has 0 radical (unpaired) electrons. The van der Waals surface area contributed by atoms with Gasteiger partial charge in [0, 0.05) is 19.1 Å². The Labute approximate surface area is 159 Å². The molecule has 24 heavy (non-hydrogen) atoms. The lowest BCUT2D eigenvalue weighted by Crippen LogP contribution is -2.48. The largest absolute Gasteiger partial charge is 0.401 e. The molecule has 0 atom stereocenters. The molecular formula is C14H29F3IN5O. The van der Waals surface area contributed by atoms with Gasteiger partial charge >= 0.3 is 6.18 Å². The first-order chi connectivity index (χ1) is 10.4. The number of rotatable bonds is 7. The second-order valence-corrected chi connectivity index (χ2v) is 6.36. The number of nitrogens with zero attached hydrogens (tertiary/aromatic N) is 2. The topological polar surface area (TPSA) is 68.8 Å². The summed E-state index contributed by atoms with van der Waals surface area (Å²) in [5, 5.41) is 8.61. The van der Waals surface area contributed by atoms with Crippen LogP contribution < -0.4 is 16.0 Å². The van der Waals surface area contributed by atoms with Crippen molar-refractivity contribution in [1.29, 1.82) is 0 Å². The van der Waals surface area contributed by atoms with Crippen LogP contribution in [0, 0.1) is 0 Å². The molecule has 0 aromatic heterocycles. The molecule has 1 amide bonds. The summed E-state index contributed by atoms with van der Waals surface area (Å²) in [6.07, 6.45) is -3.65. The third-order valence-corrected chi connectivity index (χ3v) is 2.61. The van der Waals surface area contributed by atoms with Crippen molar-refractivity contribution in [1.82, 2.24) is 20.9 Å². The number of carbonyl (C=O) groups is 1. The Hall–Kier alpha value is -0.780. The van der Waals surface area contributed by atoms with Gasteiger partial charge in [-0.25, -0.2) is 0 Å². The predicted molar refractivity (Wildman–Crippen MR) is 101 cm³/mol. The number of hydrogen-bond acceptors (Lipinski definition) is 3. The van der Waals surface area contributed by atoms with E-state index >= 15 is 0 Å². The van der Waals surface area contributed by atoms with E-state index in [4.69, 9.17) is 0 Å². The van der Waals surface area contributed by atoms with Crippen molar-refractivity contribution in [2.45, 2.75) is 38.9 Å². The molecule has 0 aromatic rings. The highest BCUT2D eigenvalue weighted by atomic mass is 127. The van der Waals surface area contributed by atoms with Crippen molar-refractivity contribution in [3.05, 3.63) is 0 Å². The maximum Gasteiger partial charge on any atom is 0.401 e. The molecule has 0 bridgehead atoms. The zero-order chi connectivity index (χ0) is 18.1. The Kier molecular flexibility index (Phi) is 12.4. The van der Waals surface area contributed by atoms with Crippen LogP contribution in [-0.4, -0.2) is 68.8 Å². The van der Waals surface area contributed by atoms with Gasteiger partial charge in [-0.05, 0) is 40.8 Å². The lowest BCUT2D eigenvalue weighted by molar-refractivity contribution is -0.143. The monoisotopic (exact) mass is 467 g/mol. The Morgan fingerprint density at radius 3 is 2.21 bits per heavy atom. The van der Waals surface area contributed by atoms with E-state index < -0.39 is 12.7 Å². The number of alkyl halides is 3. The Balaban J connectivity index is 0. The van der Waals surface area contributed by atoms with Crippen molar-refractivity contribution < 1.29 is 18.0 Å². The molecule has 0 aliphatic heterocycles. The standard InChI is InChI=1S/C14H28F3N5O.HI/c1-13(2,3)21-11(23)9-20-12(18-4)19-7-6-8-22(5)10-14(15,16)17;/h6-10H2,1-5H3,(H,21,23)(H2,18,19,20);1H. The Bertz CT molecular complexity index is 397. The van der Waals surface area contributed by atoms with Gasteiger partial charge < -0.3 is 16.0 Å². The van der Waals surface area contributed by atoms with E-state index in [-0.39, 0.29) is 42.0 Å². The molecule has 0 heterocycles. The molecule has 0 saturated heterocycles. The van der Waals surface area contributed by atoms with Crippen LogP contribution in [0.2, 0.25) is 0 Å². The van der Waals surface area contributed by atoms with Gasteiger partial charge in [0.15, 0.2) is 5.96 Å². The smallest absolute Gasteiger partial charge is 0.356 e. The van der Waals surface area contributed by atoms with Crippen LogP contribution in [0.3, 0.4) is 0 Å². The van der Waals surface area contributed by atoms with Crippen molar-refractivity contribution in [2.75, 3.05) is 40.3 Å². The lowest BCUT2D eigenvalue weighted by atomic mass is 10.1. The SMILES string of the molecule is CN=C(NCCCN(C)CC(F)(F)F)NCC(=O)NC(C)(C)C.I. The van der Waals surface area contributed by atoms with Gasteiger partial charge in [-0.15, -0.1) is 24.0 Å². The van der Waals surface area contributed by atoms with Crippen molar-refractivity contribution in [3.63, 3.8) is 0 Å². The van der Waals surface area contributed by atoms with E-state index in [0.717, 1.165) is 0 Å². The molecule has 0 saturated carbocycles. The predicted octanol–water partition coefficient (Wildman–Crippen LogP) is 1.57. The highest BCUT2D eigenvalue weighted by molar-refractivity contribution is 14.0. The molecular weight excluding hydrogens is 438 g/mol. The summed E-state index contributed by atoms with van der Waals surface area (Å²) < 4.78 is 36.5. The van der Waals surface area contributed by atoms with Crippen LogP contribution in [0.15, 0.2) is 4.99 Å². The van der Waals surface area contributed by atoms with Crippen LogP contribution in [0.1, 0.15) is 27.2 Å². The second kappa shape index (κ2) is 11.7. The van der Waals surface area contributed by atoms with Gasteiger partial charge in [0.25, 0.3) is 0 Å². The van der Waals surface area contributed by atoms with E-state index in [2.05, 4.69) is 20.9 Å². The number of halogens is 4. The molecule has 10 heteroatoms. The van der Waals surface area contributed by atoms with Gasteiger partial charge in [-0.3, -0.25) is 14.7 Å². The third-order valence-electron chi connectivity index (χ3n) is 2.61. The van der Waals surface area contributed by atoms with Gasteiger partial charge in [0.05, 0.1) is 13.1 Å². The van der Waals surface area contributed by atoms with Crippen LogP contribution in [0.25, 0.3) is 0 Å². The fourth-order valence-electron chi connectivity index (χ4n) is 1.79. The van der Waals surface area contributed by atoms with Gasteiger partial charge in [0.1, 0.15) is 0 Å². The van der Waals surface area contributed by atoms with Crippen molar-refractivity contribution in [2.24, 2.45) is 4.99 Å². The van der Waals surface area contributed by atoms with Gasteiger partial charge in [-0.1, -0.05) is 0 Å². The molecule has 144 valence electrons. The summed E-state index contributed by atoms with van der Waals surface area (Å²) in [6.45, 7) is 5.58. The maximum absolute atomic E-state index is 12.2. The minimum absolute atomic E-state index is 0. The van der Waals surface area contributed by atoms with Crippen LogP contribution in [0.4, 0.5) is 13.2 Å². The Morgan fingerprint density at radius 1 is 1.17 bits per heavy atom. The molecule has 0 rings (SSSR count). The molecule has 0 aliphatic rings. The molecule has 0 spiro atoms. The first-order valence-electron chi connectivity index (χ1n) is 7.44. The average molecular weight is 467 g/mol. The molecule has 0 unspecified atom stereocenters. The second-order valence-electron chi connectivity index (χ2n) is 6.36. The van der Waals surface area contributed by atoms with Gasteiger partial charge in [0.2, 0.25) is 5.91 Å². The summed E-state index contributed by atoms with van der Waals surface area (Å²) in [6, 6.07) is 0. The minimum atomic E-state index is -4.18. The van der Waals surface area contributed by atoms with Crippen LogP contribution in [-0.2, 0) is 4.79 Å². The Morgan fingerprint density at radius 2 is 1.75 bits per heavy atom. The minimum Gasteiger partial charge on any atom is -0.356 e. The summed E-state index contributed by atoms with van der Waals surface area (Å²) in [7, 11) is 2.99. The van der Waals surface area contributed by atoms with E-state index in [0.29, 0.717) is 25.5 Å². The summed E-state index contributed by atoms with van der Waals surface area (Å²) in [4.78, 5) is 16.8. The third kappa shape index (κ3) is 16.1. The maximum atomic E-state index is 12.2. The van der Waals surface area contributed by atoms with E-state index in [1.54, 1.807) is 7.05 Å². The van der Waals surface area contributed by atoms with Gasteiger partial charge in [-0.2, -0.15) is 13.2 Å². The van der Waals surface area contributed by atoms with E-state index in [9.17, 15) is 18.0 Å². The van der Waals surface area contributed by atoms with Crippen molar-refractivity contribution in [3.8, 4) is 0 Å². The summed E-state index contributed by atoms with van der Waals surface area (Å²) in [5.74, 6) is 0.276. The molecule has 3 N–H and O–H groups in total. The highest BCUT2D eigenvalue weighted by Gasteiger charge is 2.28. The number of hydrogen-bond donors (Lipinski definition) is 3. The fourth-order valence-corrected chi connectivity index (χ4v) is 1.79. The molecule has 0 aromatic carbocycles. The number of amides is 1. The van der Waals surface area contributed by atoms with Crippen LogP contribution in [0.5, 0.6) is 0 Å². The van der Waals surface area contributed by atoms with Crippen LogP contribution >= 0.6 is 24.0 Å². The number of aliphatic imine (C=N–C) groups is 1. The number of nitrogens with one attached hydrogen (secondary N) is 3. The zero-order valence-corrected chi connectivity index (χ0v) is 17.2. The summed E-state index contributed by atoms with van der Waals surface area (Å²) >= 11 is 0. The van der Waals surface area contributed by atoms with Crippen molar-refractivity contribution >= 4 is 35.8 Å². The first kappa shape index (κ1) is 25.5. The number of carbonyl (C=O) groups excluding carboxylic acids is 1. The lowest BCUT2D eigenvalue weighted by Gasteiger charge is -2.21. The first-order valence-corrected chi connectivity index (χ1v) is 7.44. The molecule has 0 aliphatic carbocycles. The zero-order valence-electron chi connectivity index (χ0n) is 14.9. The molecule has 0 fully saturated rings. The van der Waals surface area contributed by atoms with E-state index in [1.807, 2.05) is 20.8 Å². The molecule has 6 nitrogen and oxygen atoms in total. The normalized spacial score (nSPS) is 12.6. The highest BCUT2D eigenvalue weighted by Crippen LogP contribution is 2.15. The average Bonchev–Trinajstić information content (AvgIpc) is 2.33. The number of guanidine groups is 1. The van der Waals surface area contributed by atoms with E-state index in [1.165, 1.54) is 11.9 Å².